The first-order chi connectivity index (χ1) is 7.59. The van der Waals surface area contributed by atoms with Gasteiger partial charge in [0.15, 0.2) is 12.6 Å². The molecule has 0 radical (unpaired) electrons. The van der Waals surface area contributed by atoms with Crippen LogP contribution in [0.2, 0.25) is 0 Å². The van der Waals surface area contributed by atoms with Gasteiger partial charge < -0.3 is 14.2 Å². The maximum Gasteiger partial charge on any atom is 0.166 e. The van der Waals surface area contributed by atoms with Gasteiger partial charge >= 0.3 is 0 Å². The van der Waals surface area contributed by atoms with Gasteiger partial charge in [-0.2, -0.15) is 0 Å². The van der Waals surface area contributed by atoms with Crippen LogP contribution in [0, 0.1) is 17.8 Å². The second-order valence-corrected chi connectivity index (χ2v) is 5.64. The van der Waals surface area contributed by atoms with Gasteiger partial charge in [0.1, 0.15) is 0 Å². The Morgan fingerprint density at radius 3 is 2.38 bits per heavy atom. The molecule has 0 unspecified atom stereocenters. The molecule has 0 aromatic rings. The lowest BCUT2D eigenvalue weighted by Crippen LogP contribution is -2.52. The van der Waals surface area contributed by atoms with Crippen molar-refractivity contribution in [1.29, 1.82) is 0 Å². The Kier molecular flexibility index (Phi) is 3.88. The molecule has 2 saturated heterocycles. The van der Waals surface area contributed by atoms with E-state index in [1.807, 2.05) is 0 Å². The monoisotopic (exact) mass is 228 g/mol. The number of hydrogen-bond donors (Lipinski definition) is 0. The average Bonchev–Trinajstić information content (AvgIpc) is 2.27. The molecule has 0 spiro atoms. The van der Waals surface area contributed by atoms with E-state index in [1.54, 1.807) is 0 Å². The van der Waals surface area contributed by atoms with Gasteiger partial charge in [-0.15, -0.1) is 0 Å². The normalized spacial score (nSPS) is 40.1. The number of ether oxygens (including phenoxy) is 3. The van der Waals surface area contributed by atoms with Crippen molar-refractivity contribution >= 4 is 0 Å². The predicted molar refractivity (Wildman–Crippen MR) is 61.9 cm³/mol. The number of hydrogen-bond acceptors (Lipinski definition) is 3. The van der Waals surface area contributed by atoms with Gasteiger partial charge in [0.25, 0.3) is 0 Å². The third-order valence-corrected chi connectivity index (χ3v) is 3.50. The summed E-state index contributed by atoms with van der Waals surface area (Å²) in [6.45, 7) is 9.53. The minimum atomic E-state index is -0.105. The van der Waals surface area contributed by atoms with Gasteiger partial charge in [0.2, 0.25) is 0 Å². The number of fused-ring (bicyclic) bond motifs is 1. The Morgan fingerprint density at radius 1 is 1.00 bits per heavy atom. The molecule has 4 atom stereocenters. The standard InChI is InChI=1S/C13H24O3/c1-8(2)11-10-6-5-7-14-13(10)16-12(15-11)9(3)4/h8-13H,5-7H2,1-4H3/t10-,11-,12-,13-/m1/s1. The molecule has 3 nitrogen and oxygen atoms in total. The molecule has 0 bridgehead atoms. The second kappa shape index (κ2) is 5.03. The largest absolute Gasteiger partial charge is 0.352 e. The highest BCUT2D eigenvalue weighted by molar-refractivity contribution is 4.83. The van der Waals surface area contributed by atoms with Crippen LogP contribution < -0.4 is 0 Å². The molecular formula is C13H24O3. The topological polar surface area (TPSA) is 27.7 Å². The van der Waals surface area contributed by atoms with E-state index < -0.39 is 0 Å². The fourth-order valence-electron chi connectivity index (χ4n) is 2.62. The fourth-order valence-corrected chi connectivity index (χ4v) is 2.62. The third kappa shape index (κ3) is 2.41. The second-order valence-electron chi connectivity index (χ2n) is 5.64. The van der Waals surface area contributed by atoms with Crippen LogP contribution >= 0.6 is 0 Å². The molecule has 0 amide bonds. The molecule has 0 aliphatic carbocycles. The van der Waals surface area contributed by atoms with E-state index in [0.717, 1.165) is 13.0 Å². The highest BCUT2D eigenvalue weighted by Gasteiger charge is 2.43. The molecule has 94 valence electrons. The Bertz CT molecular complexity index is 227. The first kappa shape index (κ1) is 12.3. The van der Waals surface area contributed by atoms with Crippen LogP contribution in [-0.2, 0) is 14.2 Å². The molecule has 16 heavy (non-hydrogen) atoms. The molecule has 0 aromatic carbocycles. The van der Waals surface area contributed by atoms with Crippen molar-refractivity contribution in [2.45, 2.75) is 59.2 Å². The summed E-state index contributed by atoms with van der Waals surface area (Å²) in [5, 5.41) is 0. The highest BCUT2D eigenvalue weighted by atomic mass is 16.8. The first-order valence-electron chi connectivity index (χ1n) is 6.52. The van der Waals surface area contributed by atoms with E-state index in [-0.39, 0.29) is 18.7 Å². The Morgan fingerprint density at radius 2 is 1.75 bits per heavy atom. The lowest BCUT2D eigenvalue weighted by atomic mass is 9.86. The van der Waals surface area contributed by atoms with Gasteiger partial charge in [-0.05, 0) is 18.8 Å². The van der Waals surface area contributed by atoms with Crippen LogP contribution in [0.3, 0.4) is 0 Å². The minimum Gasteiger partial charge on any atom is -0.352 e. The van der Waals surface area contributed by atoms with E-state index in [4.69, 9.17) is 14.2 Å². The van der Waals surface area contributed by atoms with E-state index >= 15 is 0 Å². The van der Waals surface area contributed by atoms with Crippen LogP contribution in [-0.4, -0.2) is 25.3 Å². The molecule has 2 fully saturated rings. The average molecular weight is 228 g/mol. The van der Waals surface area contributed by atoms with Crippen molar-refractivity contribution < 1.29 is 14.2 Å². The highest BCUT2D eigenvalue weighted by Crippen LogP contribution is 2.37. The summed E-state index contributed by atoms with van der Waals surface area (Å²) in [6, 6.07) is 0. The Hall–Kier alpha value is -0.120. The smallest absolute Gasteiger partial charge is 0.166 e. The molecule has 2 aliphatic rings. The zero-order valence-electron chi connectivity index (χ0n) is 10.8. The van der Waals surface area contributed by atoms with Crippen molar-refractivity contribution in [3.05, 3.63) is 0 Å². The molecule has 0 N–H and O–H groups in total. The van der Waals surface area contributed by atoms with Crippen LogP contribution in [0.25, 0.3) is 0 Å². The minimum absolute atomic E-state index is 0.0395. The van der Waals surface area contributed by atoms with Crippen molar-refractivity contribution in [2.75, 3.05) is 6.61 Å². The van der Waals surface area contributed by atoms with E-state index in [0.29, 0.717) is 17.8 Å². The third-order valence-electron chi connectivity index (χ3n) is 3.50. The van der Waals surface area contributed by atoms with E-state index in [9.17, 15) is 0 Å². The summed E-state index contributed by atoms with van der Waals surface area (Å²) in [6.07, 6.45) is 2.43. The Balaban J connectivity index is 2.09. The zero-order chi connectivity index (χ0) is 11.7. The molecule has 2 aliphatic heterocycles. The van der Waals surface area contributed by atoms with E-state index in [2.05, 4.69) is 27.7 Å². The SMILES string of the molecule is CC(C)[C@H]1O[C@H]2OCCC[C@@H]2[C@@H](C(C)C)O1. The van der Waals surface area contributed by atoms with Crippen molar-refractivity contribution in [2.24, 2.45) is 17.8 Å². The molecule has 0 aromatic heterocycles. The van der Waals surface area contributed by atoms with Crippen LogP contribution in [0.5, 0.6) is 0 Å². The number of rotatable bonds is 2. The van der Waals surface area contributed by atoms with Gasteiger partial charge in [0, 0.05) is 18.4 Å². The van der Waals surface area contributed by atoms with Crippen LogP contribution in [0.1, 0.15) is 40.5 Å². The van der Waals surface area contributed by atoms with Gasteiger partial charge in [-0.1, -0.05) is 27.7 Å². The molecule has 2 heterocycles. The van der Waals surface area contributed by atoms with Crippen LogP contribution in [0.15, 0.2) is 0 Å². The maximum absolute atomic E-state index is 6.08. The van der Waals surface area contributed by atoms with Gasteiger partial charge in [0.05, 0.1) is 6.10 Å². The summed E-state index contributed by atoms with van der Waals surface area (Å²) in [7, 11) is 0. The van der Waals surface area contributed by atoms with Crippen molar-refractivity contribution in [3.8, 4) is 0 Å². The molecular weight excluding hydrogens is 204 g/mol. The van der Waals surface area contributed by atoms with Crippen molar-refractivity contribution in [3.63, 3.8) is 0 Å². The lowest BCUT2D eigenvalue weighted by molar-refractivity contribution is -0.358. The van der Waals surface area contributed by atoms with Gasteiger partial charge in [-0.3, -0.25) is 0 Å². The predicted octanol–water partition coefficient (Wildman–Crippen LogP) is 2.79. The summed E-state index contributed by atoms with van der Waals surface area (Å²) in [5.74, 6) is 1.33. The summed E-state index contributed by atoms with van der Waals surface area (Å²) >= 11 is 0. The Labute approximate surface area is 98.4 Å². The van der Waals surface area contributed by atoms with Gasteiger partial charge in [-0.25, -0.2) is 0 Å². The van der Waals surface area contributed by atoms with Crippen LogP contribution in [0.4, 0.5) is 0 Å². The van der Waals surface area contributed by atoms with E-state index in [1.165, 1.54) is 6.42 Å². The summed E-state index contributed by atoms with van der Waals surface area (Å²) in [5.41, 5.74) is 0. The molecule has 3 heteroatoms. The fraction of sp³-hybridized carbons (Fsp3) is 1.00. The quantitative estimate of drug-likeness (QED) is 0.727. The van der Waals surface area contributed by atoms with Crippen molar-refractivity contribution in [1.82, 2.24) is 0 Å². The zero-order valence-corrected chi connectivity index (χ0v) is 10.8. The summed E-state index contributed by atoms with van der Waals surface area (Å²) in [4.78, 5) is 0. The summed E-state index contributed by atoms with van der Waals surface area (Å²) < 4.78 is 17.7. The molecule has 2 rings (SSSR count). The lowest BCUT2D eigenvalue weighted by Gasteiger charge is -2.46. The maximum atomic E-state index is 6.08. The molecule has 0 saturated carbocycles. The first-order valence-corrected chi connectivity index (χ1v) is 6.52.